The highest BCUT2D eigenvalue weighted by Gasteiger charge is 2.35. The lowest BCUT2D eigenvalue weighted by Gasteiger charge is -2.35. The summed E-state index contributed by atoms with van der Waals surface area (Å²) in [5.74, 6) is 0.755. The molecular formula is C25H27FN4O4. The van der Waals surface area contributed by atoms with Crippen LogP contribution in [0.2, 0.25) is 0 Å². The lowest BCUT2D eigenvalue weighted by Crippen LogP contribution is -2.46. The molecule has 9 heteroatoms. The van der Waals surface area contributed by atoms with Gasteiger partial charge in [0.15, 0.2) is 11.6 Å². The predicted molar refractivity (Wildman–Crippen MR) is 125 cm³/mol. The zero-order chi connectivity index (χ0) is 24.2. The van der Waals surface area contributed by atoms with Crippen LogP contribution in [0.1, 0.15) is 44.2 Å². The third kappa shape index (κ3) is 4.46. The van der Waals surface area contributed by atoms with Gasteiger partial charge in [0.1, 0.15) is 5.75 Å². The molecule has 0 spiro atoms. The van der Waals surface area contributed by atoms with Crippen LogP contribution < -0.4 is 14.8 Å². The third-order valence-electron chi connectivity index (χ3n) is 5.83. The van der Waals surface area contributed by atoms with Gasteiger partial charge < -0.3 is 19.3 Å². The zero-order valence-electron chi connectivity index (χ0n) is 19.6. The average molecular weight is 467 g/mol. The first-order valence-electron chi connectivity index (χ1n) is 11.1. The first-order chi connectivity index (χ1) is 16.5. The van der Waals surface area contributed by atoms with Gasteiger partial charge >= 0.3 is 6.03 Å². The number of amides is 2. The van der Waals surface area contributed by atoms with Gasteiger partial charge in [-0.15, -0.1) is 0 Å². The number of aromatic nitrogens is 2. The van der Waals surface area contributed by atoms with Crippen molar-refractivity contribution in [2.45, 2.75) is 32.7 Å². The number of nitrogens with zero attached hydrogens (tertiary/aromatic N) is 3. The molecule has 0 saturated heterocycles. The quantitative estimate of drug-likeness (QED) is 0.491. The molecule has 0 bridgehead atoms. The van der Waals surface area contributed by atoms with Gasteiger partial charge in [-0.05, 0) is 49.2 Å². The van der Waals surface area contributed by atoms with Gasteiger partial charge in [-0.1, -0.05) is 30.6 Å². The number of nitrogens with one attached hydrogen (secondary N) is 1. The second kappa shape index (κ2) is 9.94. The summed E-state index contributed by atoms with van der Waals surface area (Å²) in [5, 5.41) is 7.14. The van der Waals surface area contributed by atoms with E-state index in [1.807, 2.05) is 31.2 Å². The fourth-order valence-electron chi connectivity index (χ4n) is 3.97. The molecule has 2 amide bonds. The number of hydrogen-bond acceptors (Lipinski definition) is 6. The molecule has 178 valence electrons. The van der Waals surface area contributed by atoms with Crippen LogP contribution in [0.25, 0.3) is 17.0 Å². The van der Waals surface area contributed by atoms with Crippen molar-refractivity contribution in [3.63, 3.8) is 0 Å². The Morgan fingerprint density at radius 1 is 1.18 bits per heavy atom. The van der Waals surface area contributed by atoms with E-state index in [2.05, 4.69) is 22.4 Å². The summed E-state index contributed by atoms with van der Waals surface area (Å²) in [6.45, 7) is 4.50. The Kier molecular flexibility index (Phi) is 6.81. The van der Waals surface area contributed by atoms with E-state index in [-0.39, 0.29) is 23.5 Å². The second-order valence-electron chi connectivity index (χ2n) is 7.94. The largest absolute Gasteiger partial charge is 0.497 e. The van der Waals surface area contributed by atoms with E-state index >= 15 is 0 Å². The van der Waals surface area contributed by atoms with E-state index in [1.54, 1.807) is 18.1 Å². The van der Waals surface area contributed by atoms with Crippen molar-refractivity contribution in [3.05, 3.63) is 65.4 Å². The number of benzene rings is 2. The molecule has 2 heterocycles. The van der Waals surface area contributed by atoms with Crippen molar-refractivity contribution in [1.82, 2.24) is 20.4 Å². The molecule has 4 rings (SSSR count). The SMILES string of the molecule is CCCCN1C(=O)NC(c2cccc(OC)c2)C(c2nc(-c3ccc(OC)c(F)c3)no2)=C1C. The Hall–Kier alpha value is -3.88. The molecule has 1 N–H and O–H groups in total. The molecule has 2 aromatic carbocycles. The summed E-state index contributed by atoms with van der Waals surface area (Å²) in [6.07, 6.45) is 1.79. The minimum Gasteiger partial charge on any atom is -0.497 e. The van der Waals surface area contributed by atoms with E-state index in [9.17, 15) is 9.18 Å². The highest BCUT2D eigenvalue weighted by molar-refractivity contribution is 5.87. The molecule has 1 aliphatic rings. The van der Waals surface area contributed by atoms with Crippen LogP contribution in [-0.4, -0.2) is 41.8 Å². The number of allylic oxidation sites excluding steroid dienone is 1. The molecule has 0 fully saturated rings. The van der Waals surface area contributed by atoms with Crippen LogP contribution in [0.5, 0.6) is 11.5 Å². The molecule has 1 unspecified atom stereocenters. The highest BCUT2D eigenvalue weighted by Crippen LogP contribution is 2.38. The summed E-state index contributed by atoms with van der Waals surface area (Å²) in [4.78, 5) is 19.2. The number of carbonyl (C=O) groups is 1. The maximum atomic E-state index is 14.2. The molecule has 3 aromatic rings. The van der Waals surface area contributed by atoms with Crippen LogP contribution in [0.15, 0.2) is 52.7 Å². The Morgan fingerprint density at radius 3 is 2.71 bits per heavy atom. The van der Waals surface area contributed by atoms with Gasteiger partial charge in [-0.2, -0.15) is 4.98 Å². The Balaban J connectivity index is 1.79. The Labute approximate surface area is 197 Å². The van der Waals surface area contributed by atoms with Crippen LogP contribution in [0, 0.1) is 5.82 Å². The normalized spacial score (nSPS) is 16.0. The smallest absolute Gasteiger partial charge is 0.322 e. The average Bonchev–Trinajstić information content (AvgIpc) is 3.33. The van der Waals surface area contributed by atoms with Crippen LogP contribution in [0.4, 0.5) is 9.18 Å². The molecule has 34 heavy (non-hydrogen) atoms. The van der Waals surface area contributed by atoms with Gasteiger partial charge in [-0.25, -0.2) is 9.18 Å². The highest BCUT2D eigenvalue weighted by atomic mass is 19.1. The number of rotatable bonds is 8. The van der Waals surface area contributed by atoms with E-state index in [0.717, 1.165) is 24.1 Å². The van der Waals surface area contributed by atoms with Crippen molar-refractivity contribution >= 4 is 11.6 Å². The lowest BCUT2D eigenvalue weighted by atomic mass is 9.94. The number of halogens is 1. The van der Waals surface area contributed by atoms with E-state index in [4.69, 9.17) is 14.0 Å². The monoisotopic (exact) mass is 466 g/mol. The lowest BCUT2D eigenvalue weighted by molar-refractivity contribution is 0.204. The molecule has 0 radical (unpaired) electrons. The molecule has 1 aliphatic heterocycles. The van der Waals surface area contributed by atoms with E-state index < -0.39 is 11.9 Å². The maximum Gasteiger partial charge on any atom is 0.322 e. The Morgan fingerprint density at radius 2 is 2.00 bits per heavy atom. The van der Waals surface area contributed by atoms with Gasteiger partial charge in [-0.3, -0.25) is 4.90 Å². The van der Waals surface area contributed by atoms with Gasteiger partial charge in [0.2, 0.25) is 5.82 Å². The number of ether oxygens (including phenoxy) is 2. The molecule has 8 nitrogen and oxygen atoms in total. The first-order valence-corrected chi connectivity index (χ1v) is 11.1. The minimum absolute atomic E-state index is 0.130. The van der Waals surface area contributed by atoms with E-state index in [1.165, 1.54) is 19.2 Å². The summed E-state index contributed by atoms with van der Waals surface area (Å²) >= 11 is 0. The van der Waals surface area contributed by atoms with Gasteiger partial charge in [0.25, 0.3) is 5.89 Å². The fraction of sp³-hybridized carbons (Fsp3) is 0.320. The second-order valence-corrected chi connectivity index (χ2v) is 7.94. The van der Waals surface area contributed by atoms with Crippen molar-refractivity contribution in [2.24, 2.45) is 0 Å². The Bertz CT molecular complexity index is 1220. The van der Waals surface area contributed by atoms with Crippen molar-refractivity contribution < 1.29 is 23.2 Å². The zero-order valence-corrected chi connectivity index (χ0v) is 19.6. The number of carbonyl (C=O) groups excluding carboxylic acids is 1. The van der Waals surface area contributed by atoms with Crippen LogP contribution >= 0.6 is 0 Å². The maximum absolute atomic E-state index is 14.2. The number of hydrogen-bond donors (Lipinski definition) is 1. The van der Waals surface area contributed by atoms with Crippen molar-refractivity contribution in [3.8, 4) is 22.9 Å². The van der Waals surface area contributed by atoms with Crippen LogP contribution in [-0.2, 0) is 0 Å². The van der Waals surface area contributed by atoms with Crippen molar-refractivity contribution in [1.29, 1.82) is 0 Å². The standard InChI is InChI=1S/C25H27FN4O4/c1-5-6-12-30-15(2)21(22(27-25(30)31)16-8-7-9-18(13-16)32-3)24-28-23(29-34-24)17-10-11-20(33-4)19(26)14-17/h7-11,13-14,22H,5-6,12H2,1-4H3,(H,27,31). The topological polar surface area (TPSA) is 89.7 Å². The summed E-state index contributed by atoms with van der Waals surface area (Å²) in [5.41, 5.74) is 2.66. The number of unbranched alkanes of at least 4 members (excludes halogenated alkanes) is 1. The molecule has 0 aliphatic carbocycles. The molecular weight excluding hydrogens is 439 g/mol. The van der Waals surface area contributed by atoms with Gasteiger partial charge in [0.05, 0.1) is 25.8 Å². The van der Waals surface area contributed by atoms with Crippen molar-refractivity contribution in [2.75, 3.05) is 20.8 Å². The molecule has 0 saturated carbocycles. The number of urea groups is 1. The molecule has 1 atom stereocenters. The number of methoxy groups -OCH3 is 2. The summed E-state index contributed by atoms with van der Waals surface area (Å²) < 4.78 is 30.2. The first kappa shape index (κ1) is 23.3. The van der Waals surface area contributed by atoms with Crippen LogP contribution in [0.3, 0.4) is 0 Å². The predicted octanol–water partition coefficient (Wildman–Crippen LogP) is 5.19. The molecule has 1 aromatic heterocycles. The third-order valence-corrected chi connectivity index (χ3v) is 5.83. The van der Waals surface area contributed by atoms with E-state index in [0.29, 0.717) is 23.4 Å². The summed E-state index contributed by atoms with van der Waals surface area (Å²) in [7, 11) is 2.99. The van der Waals surface area contributed by atoms with Gasteiger partial charge in [0, 0.05) is 17.8 Å². The fourth-order valence-corrected chi connectivity index (χ4v) is 3.97. The summed E-state index contributed by atoms with van der Waals surface area (Å²) in [6, 6.07) is 11.2. The minimum atomic E-state index is -0.526.